The predicted octanol–water partition coefficient (Wildman–Crippen LogP) is 2.77. The maximum atomic E-state index is 13.1. The van der Waals surface area contributed by atoms with E-state index in [0.717, 1.165) is 19.4 Å². The molecule has 2 heterocycles. The Balaban J connectivity index is 1.90. The van der Waals surface area contributed by atoms with Gasteiger partial charge >= 0.3 is 0 Å². The molecule has 2 amide bonds. The standard InChI is InChI=1S/C18H18ClN3O2/c1-21-7-3-4-10(9-21)22-17(23)12-6-2-5-11-15(12)13(18(22)24)8-14(19)16(11)20/h2,5-6,8,10H,3-4,7,9,20H2,1H3. The van der Waals surface area contributed by atoms with Crippen molar-refractivity contribution in [2.24, 2.45) is 0 Å². The number of benzene rings is 2. The Hall–Kier alpha value is -2.11. The third-order valence-electron chi connectivity index (χ3n) is 5.02. The maximum Gasteiger partial charge on any atom is 0.261 e. The number of nitrogen functional groups attached to an aromatic ring is 1. The minimum Gasteiger partial charge on any atom is -0.397 e. The first-order valence-corrected chi connectivity index (χ1v) is 8.44. The van der Waals surface area contributed by atoms with E-state index in [4.69, 9.17) is 17.3 Å². The van der Waals surface area contributed by atoms with Crippen molar-refractivity contribution in [2.75, 3.05) is 25.9 Å². The summed E-state index contributed by atoms with van der Waals surface area (Å²) in [6, 6.07) is 6.83. The highest BCUT2D eigenvalue weighted by molar-refractivity contribution is 6.37. The highest BCUT2D eigenvalue weighted by Gasteiger charge is 2.39. The number of nitrogens with zero attached hydrogens (tertiary/aromatic N) is 2. The topological polar surface area (TPSA) is 66.6 Å². The zero-order valence-corrected chi connectivity index (χ0v) is 14.1. The molecule has 2 aliphatic heterocycles. The van der Waals surface area contributed by atoms with Gasteiger partial charge in [0, 0.05) is 22.9 Å². The van der Waals surface area contributed by atoms with Gasteiger partial charge in [0.2, 0.25) is 0 Å². The normalized spacial score (nSPS) is 21.6. The van der Waals surface area contributed by atoms with E-state index >= 15 is 0 Å². The number of nitrogens with two attached hydrogens (primary N) is 1. The maximum absolute atomic E-state index is 13.1. The molecule has 0 saturated carbocycles. The van der Waals surface area contributed by atoms with Crippen LogP contribution in [0.5, 0.6) is 0 Å². The summed E-state index contributed by atoms with van der Waals surface area (Å²) >= 11 is 6.22. The first kappa shape index (κ1) is 15.4. The summed E-state index contributed by atoms with van der Waals surface area (Å²) in [6.07, 6.45) is 1.80. The van der Waals surface area contributed by atoms with Gasteiger partial charge in [-0.05, 0) is 38.6 Å². The van der Waals surface area contributed by atoms with Crippen LogP contribution in [-0.4, -0.2) is 47.8 Å². The van der Waals surface area contributed by atoms with E-state index in [1.165, 1.54) is 4.90 Å². The average Bonchev–Trinajstić information content (AvgIpc) is 2.56. The van der Waals surface area contributed by atoms with Crippen LogP contribution in [0.1, 0.15) is 33.6 Å². The SMILES string of the molecule is CN1CCCC(N2C(=O)c3cccc4c(N)c(Cl)cc(c34)C2=O)C1. The number of likely N-dealkylation sites (tertiary alicyclic amines) is 1. The molecule has 2 aromatic rings. The van der Waals surface area contributed by atoms with Gasteiger partial charge in [-0.1, -0.05) is 23.7 Å². The van der Waals surface area contributed by atoms with Gasteiger partial charge in [0.15, 0.2) is 0 Å². The number of halogens is 1. The molecule has 1 fully saturated rings. The second-order valence-electron chi connectivity index (χ2n) is 6.59. The first-order chi connectivity index (χ1) is 11.5. The van der Waals surface area contributed by atoms with Crippen molar-refractivity contribution in [1.82, 2.24) is 9.80 Å². The molecule has 0 radical (unpaired) electrons. The van der Waals surface area contributed by atoms with Gasteiger partial charge in [-0.25, -0.2) is 0 Å². The number of anilines is 1. The summed E-state index contributed by atoms with van der Waals surface area (Å²) in [5.74, 6) is -0.508. The Labute approximate surface area is 145 Å². The zero-order chi connectivity index (χ0) is 17.0. The molecule has 2 aliphatic rings. The summed E-state index contributed by atoms with van der Waals surface area (Å²) < 4.78 is 0. The van der Waals surface area contributed by atoms with Crippen molar-refractivity contribution in [3.63, 3.8) is 0 Å². The van der Waals surface area contributed by atoms with E-state index in [9.17, 15) is 9.59 Å². The van der Waals surface area contributed by atoms with Crippen LogP contribution < -0.4 is 5.73 Å². The van der Waals surface area contributed by atoms with Gasteiger partial charge in [0.1, 0.15) is 0 Å². The summed E-state index contributed by atoms with van der Waals surface area (Å²) in [5, 5.41) is 1.63. The van der Waals surface area contributed by atoms with E-state index in [1.807, 2.05) is 7.05 Å². The second-order valence-corrected chi connectivity index (χ2v) is 6.99. The van der Waals surface area contributed by atoms with Gasteiger partial charge in [0.05, 0.1) is 22.3 Å². The number of amides is 2. The van der Waals surface area contributed by atoms with Crippen molar-refractivity contribution in [3.05, 3.63) is 40.4 Å². The fourth-order valence-corrected chi connectivity index (χ4v) is 4.06. The van der Waals surface area contributed by atoms with Crippen molar-refractivity contribution in [3.8, 4) is 0 Å². The van der Waals surface area contributed by atoms with E-state index in [-0.39, 0.29) is 17.9 Å². The van der Waals surface area contributed by atoms with Gasteiger partial charge in [-0.15, -0.1) is 0 Å². The number of carbonyl (C=O) groups excluding carboxylic acids is 2. The lowest BCUT2D eigenvalue weighted by atomic mass is 9.91. The molecule has 6 heteroatoms. The van der Waals surface area contributed by atoms with Crippen molar-refractivity contribution in [1.29, 1.82) is 0 Å². The van der Waals surface area contributed by atoms with E-state index in [2.05, 4.69) is 4.90 Å². The number of likely N-dealkylation sites (N-methyl/N-ethyl adjacent to an activating group) is 1. The first-order valence-electron chi connectivity index (χ1n) is 8.06. The number of carbonyl (C=O) groups is 2. The van der Waals surface area contributed by atoms with Crippen LogP contribution in [0.15, 0.2) is 24.3 Å². The van der Waals surface area contributed by atoms with Gasteiger partial charge in [-0.3, -0.25) is 14.5 Å². The third-order valence-corrected chi connectivity index (χ3v) is 5.33. The lowest BCUT2D eigenvalue weighted by molar-refractivity contribution is 0.0458. The van der Waals surface area contributed by atoms with Gasteiger partial charge in [0.25, 0.3) is 11.8 Å². The van der Waals surface area contributed by atoms with E-state index < -0.39 is 0 Å². The van der Waals surface area contributed by atoms with Crippen molar-refractivity contribution in [2.45, 2.75) is 18.9 Å². The van der Waals surface area contributed by atoms with Gasteiger partial charge < -0.3 is 10.6 Å². The van der Waals surface area contributed by atoms with Crippen LogP contribution in [0.2, 0.25) is 5.02 Å². The summed E-state index contributed by atoms with van der Waals surface area (Å²) in [7, 11) is 2.01. The molecular formula is C18H18ClN3O2. The number of rotatable bonds is 1. The largest absolute Gasteiger partial charge is 0.397 e. The van der Waals surface area contributed by atoms with Crippen LogP contribution in [0.4, 0.5) is 5.69 Å². The van der Waals surface area contributed by atoms with E-state index in [0.29, 0.717) is 39.2 Å². The molecule has 0 spiro atoms. The molecule has 1 atom stereocenters. The molecular weight excluding hydrogens is 326 g/mol. The predicted molar refractivity (Wildman–Crippen MR) is 94.4 cm³/mol. The van der Waals surface area contributed by atoms with Crippen molar-refractivity contribution < 1.29 is 9.59 Å². The fraction of sp³-hybridized carbons (Fsp3) is 0.333. The lowest BCUT2D eigenvalue weighted by Gasteiger charge is -2.38. The van der Waals surface area contributed by atoms with Crippen molar-refractivity contribution >= 4 is 39.9 Å². The highest BCUT2D eigenvalue weighted by atomic mass is 35.5. The summed E-state index contributed by atoms with van der Waals surface area (Å²) in [6.45, 7) is 1.69. The zero-order valence-electron chi connectivity index (χ0n) is 13.4. The van der Waals surface area contributed by atoms with Crippen LogP contribution in [-0.2, 0) is 0 Å². The minimum absolute atomic E-state index is 0.108. The molecule has 4 rings (SSSR count). The molecule has 5 nitrogen and oxygen atoms in total. The molecule has 2 aromatic carbocycles. The summed E-state index contributed by atoms with van der Waals surface area (Å²) in [5.41, 5.74) is 7.44. The Bertz CT molecular complexity index is 880. The van der Waals surface area contributed by atoms with Crippen LogP contribution in [0, 0.1) is 0 Å². The van der Waals surface area contributed by atoms with E-state index in [1.54, 1.807) is 24.3 Å². The minimum atomic E-state index is -0.272. The van der Waals surface area contributed by atoms with Gasteiger partial charge in [-0.2, -0.15) is 0 Å². The summed E-state index contributed by atoms with van der Waals surface area (Å²) in [4.78, 5) is 29.7. The molecule has 1 saturated heterocycles. The monoisotopic (exact) mass is 343 g/mol. The molecule has 0 aromatic heterocycles. The fourth-order valence-electron chi connectivity index (χ4n) is 3.85. The Morgan fingerprint density at radius 2 is 1.96 bits per heavy atom. The molecule has 2 N–H and O–H groups in total. The second kappa shape index (κ2) is 5.46. The Morgan fingerprint density at radius 3 is 2.71 bits per heavy atom. The Morgan fingerprint density at radius 1 is 1.21 bits per heavy atom. The molecule has 24 heavy (non-hydrogen) atoms. The molecule has 0 bridgehead atoms. The molecule has 0 aliphatic carbocycles. The van der Waals surface area contributed by atoms with Crippen LogP contribution in [0.25, 0.3) is 10.8 Å². The number of piperidine rings is 1. The smallest absolute Gasteiger partial charge is 0.261 e. The Kier molecular flexibility index (Phi) is 3.51. The van der Waals surface area contributed by atoms with Crippen LogP contribution in [0.3, 0.4) is 0 Å². The quantitative estimate of drug-likeness (QED) is 0.638. The molecule has 124 valence electrons. The molecule has 1 unspecified atom stereocenters. The number of imide groups is 1. The number of hydrogen-bond donors (Lipinski definition) is 1. The lowest BCUT2D eigenvalue weighted by Crippen LogP contribution is -2.53. The van der Waals surface area contributed by atoms with Crippen LogP contribution >= 0.6 is 11.6 Å². The average molecular weight is 344 g/mol. The number of hydrogen-bond acceptors (Lipinski definition) is 4. The third kappa shape index (κ3) is 2.12. The highest BCUT2D eigenvalue weighted by Crippen LogP contribution is 2.38.